The predicted molar refractivity (Wildman–Crippen MR) is 69.9 cm³/mol. The highest BCUT2D eigenvalue weighted by atomic mass is 16.2. The van der Waals surface area contributed by atoms with Crippen molar-refractivity contribution < 1.29 is 4.79 Å². The van der Waals surface area contributed by atoms with Crippen LogP contribution in [0.15, 0.2) is 0 Å². The summed E-state index contributed by atoms with van der Waals surface area (Å²) in [6.07, 6.45) is 8.18. The second-order valence-corrected chi connectivity index (χ2v) is 5.63. The van der Waals surface area contributed by atoms with Crippen LogP contribution in [0.1, 0.15) is 51.9 Å². The molecule has 2 atom stereocenters. The number of hydrogen-bond acceptors (Lipinski definition) is 2. The van der Waals surface area contributed by atoms with Gasteiger partial charge in [0.2, 0.25) is 5.91 Å². The summed E-state index contributed by atoms with van der Waals surface area (Å²) in [4.78, 5) is 14.3. The molecule has 2 aliphatic heterocycles. The SMILES string of the molecule is CCCC1CCCN(C(=O)CC2CCCN2)C1. The third-order valence-electron chi connectivity index (χ3n) is 4.15. The minimum absolute atomic E-state index is 0.380. The first-order chi connectivity index (χ1) is 8.29. The number of carbonyl (C=O) groups is 1. The molecule has 0 radical (unpaired) electrons. The minimum atomic E-state index is 0.380. The van der Waals surface area contributed by atoms with Crippen molar-refractivity contribution in [2.45, 2.75) is 57.9 Å². The van der Waals surface area contributed by atoms with Crippen molar-refractivity contribution in [2.24, 2.45) is 5.92 Å². The van der Waals surface area contributed by atoms with E-state index in [9.17, 15) is 4.79 Å². The molecule has 3 heteroatoms. The summed E-state index contributed by atoms with van der Waals surface area (Å²) in [5.41, 5.74) is 0. The van der Waals surface area contributed by atoms with E-state index in [1.165, 1.54) is 38.5 Å². The van der Waals surface area contributed by atoms with Crippen LogP contribution < -0.4 is 5.32 Å². The van der Waals surface area contributed by atoms with E-state index < -0.39 is 0 Å². The Morgan fingerprint density at radius 2 is 2.24 bits per heavy atom. The van der Waals surface area contributed by atoms with E-state index in [0.717, 1.165) is 32.0 Å². The van der Waals surface area contributed by atoms with Crippen molar-refractivity contribution >= 4 is 5.91 Å². The lowest BCUT2D eigenvalue weighted by Crippen LogP contribution is -2.42. The maximum Gasteiger partial charge on any atom is 0.224 e. The zero-order chi connectivity index (χ0) is 12.1. The standard InChI is InChI=1S/C14H26N2O/c1-2-5-12-6-4-9-16(11-12)14(17)10-13-7-3-8-15-13/h12-13,15H,2-11H2,1H3. The van der Waals surface area contributed by atoms with Gasteiger partial charge in [0.1, 0.15) is 0 Å². The van der Waals surface area contributed by atoms with E-state index in [0.29, 0.717) is 11.9 Å². The van der Waals surface area contributed by atoms with Crippen molar-refractivity contribution in [3.63, 3.8) is 0 Å². The van der Waals surface area contributed by atoms with E-state index in [2.05, 4.69) is 17.1 Å². The fraction of sp³-hybridized carbons (Fsp3) is 0.929. The minimum Gasteiger partial charge on any atom is -0.342 e. The molecule has 17 heavy (non-hydrogen) atoms. The molecule has 0 spiro atoms. The molecule has 0 aromatic heterocycles. The van der Waals surface area contributed by atoms with Crippen molar-refractivity contribution in [1.29, 1.82) is 0 Å². The van der Waals surface area contributed by atoms with E-state index in [-0.39, 0.29) is 0 Å². The Labute approximate surface area is 105 Å². The molecule has 2 rings (SSSR count). The number of amides is 1. The fourth-order valence-corrected chi connectivity index (χ4v) is 3.21. The molecule has 0 saturated carbocycles. The Balaban J connectivity index is 1.77. The Bertz CT molecular complexity index is 247. The predicted octanol–water partition coefficient (Wildman–Crippen LogP) is 2.17. The summed E-state index contributed by atoms with van der Waals surface area (Å²) in [5, 5.41) is 3.42. The summed E-state index contributed by atoms with van der Waals surface area (Å²) in [7, 11) is 0. The zero-order valence-corrected chi connectivity index (χ0v) is 11.1. The van der Waals surface area contributed by atoms with Crippen LogP contribution in [0.3, 0.4) is 0 Å². The molecule has 0 aliphatic carbocycles. The van der Waals surface area contributed by atoms with Gasteiger partial charge in [-0.1, -0.05) is 13.3 Å². The van der Waals surface area contributed by atoms with E-state index in [4.69, 9.17) is 0 Å². The number of rotatable bonds is 4. The number of piperidine rings is 1. The Morgan fingerprint density at radius 3 is 2.94 bits per heavy atom. The highest BCUT2D eigenvalue weighted by Gasteiger charge is 2.25. The van der Waals surface area contributed by atoms with Gasteiger partial charge in [0.15, 0.2) is 0 Å². The van der Waals surface area contributed by atoms with Crippen LogP contribution in [-0.4, -0.2) is 36.5 Å². The Hall–Kier alpha value is -0.570. The lowest BCUT2D eigenvalue weighted by Gasteiger charge is -2.33. The monoisotopic (exact) mass is 238 g/mol. The normalized spacial score (nSPS) is 29.6. The van der Waals surface area contributed by atoms with Crippen LogP contribution in [0, 0.1) is 5.92 Å². The van der Waals surface area contributed by atoms with Gasteiger partial charge < -0.3 is 10.2 Å². The molecule has 0 aromatic rings. The molecule has 2 aliphatic rings. The van der Waals surface area contributed by atoms with Gasteiger partial charge in [-0.2, -0.15) is 0 Å². The molecule has 2 fully saturated rings. The van der Waals surface area contributed by atoms with Crippen LogP contribution in [0.2, 0.25) is 0 Å². The summed E-state index contributed by atoms with van der Waals surface area (Å²) >= 11 is 0. The second-order valence-electron chi connectivity index (χ2n) is 5.63. The third-order valence-corrected chi connectivity index (χ3v) is 4.15. The highest BCUT2D eigenvalue weighted by Crippen LogP contribution is 2.22. The summed E-state index contributed by atoms with van der Waals surface area (Å²) in [6, 6.07) is 0.453. The molecule has 0 bridgehead atoms. The number of carbonyl (C=O) groups excluding carboxylic acids is 1. The molecule has 0 aromatic carbocycles. The topological polar surface area (TPSA) is 32.3 Å². The van der Waals surface area contributed by atoms with Crippen molar-refractivity contribution in [2.75, 3.05) is 19.6 Å². The first kappa shape index (κ1) is 12.9. The van der Waals surface area contributed by atoms with Crippen LogP contribution in [-0.2, 0) is 4.79 Å². The molecule has 2 heterocycles. The summed E-state index contributed by atoms with van der Waals surface area (Å²) in [5.74, 6) is 1.14. The van der Waals surface area contributed by atoms with E-state index in [1.807, 2.05) is 0 Å². The van der Waals surface area contributed by atoms with Crippen molar-refractivity contribution in [3.8, 4) is 0 Å². The summed E-state index contributed by atoms with van der Waals surface area (Å²) in [6.45, 7) is 5.34. The van der Waals surface area contributed by atoms with E-state index >= 15 is 0 Å². The quantitative estimate of drug-likeness (QED) is 0.814. The number of likely N-dealkylation sites (tertiary alicyclic amines) is 1. The van der Waals surface area contributed by atoms with Crippen molar-refractivity contribution in [3.05, 3.63) is 0 Å². The summed E-state index contributed by atoms with van der Waals surface area (Å²) < 4.78 is 0. The number of nitrogens with one attached hydrogen (secondary N) is 1. The fourth-order valence-electron chi connectivity index (χ4n) is 3.21. The second kappa shape index (κ2) is 6.39. The maximum atomic E-state index is 12.2. The van der Waals surface area contributed by atoms with Gasteiger partial charge in [0.25, 0.3) is 0 Å². The first-order valence-electron chi connectivity index (χ1n) is 7.30. The Kier molecular flexibility index (Phi) is 4.84. The molecule has 1 N–H and O–H groups in total. The zero-order valence-electron chi connectivity index (χ0n) is 11.1. The molecule has 3 nitrogen and oxygen atoms in total. The molecular weight excluding hydrogens is 212 g/mol. The largest absolute Gasteiger partial charge is 0.342 e. The third kappa shape index (κ3) is 3.70. The van der Waals surface area contributed by atoms with E-state index in [1.54, 1.807) is 0 Å². The molecule has 1 amide bonds. The Morgan fingerprint density at radius 1 is 1.35 bits per heavy atom. The van der Waals surface area contributed by atoms with Crippen molar-refractivity contribution in [1.82, 2.24) is 10.2 Å². The number of hydrogen-bond donors (Lipinski definition) is 1. The molecule has 2 unspecified atom stereocenters. The van der Waals surface area contributed by atoms with Gasteiger partial charge in [-0.3, -0.25) is 4.79 Å². The van der Waals surface area contributed by atoms with Gasteiger partial charge in [0.05, 0.1) is 0 Å². The van der Waals surface area contributed by atoms with Gasteiger partial charge in [-0.15, -0.1) is 0 Å². The maximum absolute atomic E-state index is 12.2. The van der Waals surface area contributed by atoms with Gasteiger partial charge in [-0.05, 0) is 44.6 Å². The number of nitrogens with zero attached hydrogens (tertiary/aromatic N) is 1. The van der Waals surface area contributed by atoms with Crippen LogP contribution in [0.4, 0.5) is 0 Å². The van der Waals surface area contributed by atoms with Crippen LogP contribution >= 0.6 is 0 Å². The van der Waals surface area contributed by atoms with Gasteiger partial charge in [0, 0.05) is 25.6 Å². The lowest BCUT2D eigenvalue weighted by atomic mass is 9.93. The van der Waals surface area contributed by atoms with Crippen LogP contribution in [0.25, 0.3) is 0 Å². The van der Waals surface area contributed by atoms with Crippen LogP contribution in [0.5, 0.6) is 0 Å². The van der Waals surface area contributed by atoms with Gasteiger partial charge >= 0.3 is 0 Å². The molecule has 98 valence electrons. The lowest BCUT2D eigenvalue weighted by molar-refractivity contribution is -0.133. The average Bonchev–Trinajstić information content (AvgIpc) is 2.83. The smallest absolute Gasteiger partial charge is 0.224 e. The molecular formula is C14H26N2O. The van der Waals surface area contributed by atoms with Gasteiger partial charge in [-0.25, -0.2) is 0 Å². The highest BCUT2D eigenvalue weighted by molar-refractivity contribution is 5.77. The first-order valence-corrected chi connectivity index (χ1v) is 7.30. The molecule has 2 saturated heterocycles. The average molecular weight is 238 g/mol.